The number of carbonyl (C=O) groups is 1. The molecule has 100 valence electrons. The Labute approximate surface area is 116 Å². The fourth-order valence-electron chi connectivity index (χ4n) is 1.83. The molecule has 4 heteroatoms. The highest BCUT2D eigenvalue weighted by Crippen LogP contribution is 2.30. The Morgan fingerprint density at radius 2 is 1.95 bits per heavy atom. The lowest BCUT2D eigenvalue weighted by atomic mass is 9.84. The summed E-state index contributed by atoms with van der Waals surface area (Å²) in [6.07, 6.45) is 0. The quantitative estimate of drug-likeness (QED) is 0.897. The minimum absolute atomic E-state index is 0.0920. The van der Waals surface area contributed by atoms with Crippen LogP contribution in [0, 0.1) is 6.92 Å². The van der Waals surface area contributed by atoms with Gasteiger partial charge in [0.25, 0.3) is 0 Å². The van der Waals surface area contributed by atoms with Crippen LogP contribution in [0.2, 0.25) is 0 Å². The zero-order valence-electron chi connectivity index (χ0n) is 11.5. The third kappa shape index (κ3) is 3.01. The number of carboxylic acid groups (broad SMARTS) is 1. The predicted molar refractivity (Wildman–Crippen MR) is 77.9 cm³/mol. The lowest BCUT2D eigenvalue weighted by Gasteiger charge is -2.20. The van der Waals surface area contributed by atoms with Gasteiger partial charge in [-0.25, -0.2) is 9.78 Å². The van der Waals surface area contributed by atoms with E-state index in [9.17, 15) is 9.90 Å². The topological polar surface area (TPSA) is 50.2 Å². The maximum atomic E-state index is 11.3. The number of benzene rings is 1. The Bertz CT molecular complexity index is 623. The second-order valence-electron chi connectivity index (χ2n) is 5.61. The van der Waals surface area contributed by atoms with E-state index >= 15 is 0 Å². The van der Waals surface area contributed by atoms with E-state index in [1.165, 1.54) is 0 Å². The minimum Gasteiger partial charge on any atom is -0.478 e. The van der Waals surface area contributed by atoms with Crippen LogP contribution in [0.1, 0.15) is 41.7 Å². The largest absolute Gasteiger partial charge is 0.478 e. The van der Waals surface area contributed by atoms with Gasteiger partial charge < -0.3 is 5.11 Å². The van der Waals surface area contributed by atoms with Gasteiger partial charge in [0.05, 0.1) is 16.3 Å². The molecule has 0 saturated carbocycles. The molecule has 3 nitrogen and oxygen atoms in total. The standard InChI is InChI=1S/C15H17NO2S/c1-9-16-13(8-19-9)10-5-11(14(17)18)7-12(6-10)15(2,3)4/h5-8H,1-4H3,(H,17,18). The molecule has 0 unspecified atom stereocenters. The summed E-state index contributed by atoms with van der Waals surface area (Å²) in [6.45, 7) is 8.16. The molecule has 1 N–H and O–H groups in total. The molecule has 2 aromatic rings. The summed E-state index contributed by atoms with van der Waals surface area (Å²) < 4.78 is 0. The molecule has 1 heterocycles. The van der Waals surface area contributed by atoms with Crippen LogP contribution >= 0.6 is 11.3 Å². The number of aromatic nitrogens is 1. The van der Waals surface area contributed by atoms with Crippen LogP contribution in [0.15, 0.2) is 23.6 Å². The normalized spacial score (nSPS) is 11.6. The van der Waals surface area contributed by atoms with Crippen molar-refractivity contribution in [3.05, 3.63) is 39.7 Å². The van der Waals surface area contributed by atoms with Gasteiger partial charge in [0.15, 0.2) is 0 Å². The van der Waals surface area contributed by atoms with Gasteiger partial charge >= 0.3 is 5.97 Å². The van der Waals surface area contributed by atoms with E-state index in [1.54, 1.807) is 23.5 Å². The minimum atomic E-state index is -0.903. The summed E-state index contributed by atoms with van der Waals surface area (Å²) in [6, 6.07) is 5.46. The van der Waals surface area contributed by atoms with Gasteiger partial charge in [-0.05, 0) is 36.1 Å². The summed E-state index contributed by atoms with van der Waals surface area (Å²) in [4.78, 5) is 15.7. The molecule has 2 rings (SSSR count). The average Bonchev–Trinajstić information content (AvgIpc) is 2.74. The van der Waals surface area contributed by atoms with Crippen molar-refractivity contribution in [1.82, 2.24) is 4.98 Å². The van der Waals surface area contributed by atoms with E-state index in [1.807, 2.05) is 18.4 Å². The fourth-order valence-corrected chi connectivity index (χ4v) is 2.45. The van der Waals surface area contributed by atoms with Gasteiger partial charge in [-0.2, -0.15) is 0 Å². The number of thiazole rings is 1. The zero-order valence-corrected chi connectivity index (χ0v) is 12.3. The van der Waals surface area contributed by atoms with Crippen molar-refractivity contribution in [1.29, 1.82) is 0 Å². The smallest absolute Gasteiger partial charge is 0.335 e. The number of hydrogen-bond donors (Lipinski definition) is 1. The van der Waals surface area contributed by atoms with Gasteiger partial charge in [0, 0.05) is 10.9 Å². The first-order valence-electron chi connectivity index (χ1n) is 6.09. The molecular weight excluding hydrogens is 258 g/mol. The van der Waals surface area contributed by atoms with Crippen LogP contribution < -0.4 is 0 Å². The van der Waals surface area contributed by atoms with Crippen molar-refractivity contribution in [3.8, 4) is 11.3 Å². The maximum Gasteiger partial charge on any atom is 0.335 e. The third-order valence-electron chi connectivity index (χ3n) is 2.96. The molecule has 0 atom stereocenters. The van der Waals surface area contributed by atoms with Crippen molar-refractivity contribution >= 4 is 17.3 Å². The summed E-state index contributed by atoms with van der Waals surface area (Å²) in [7, 11) is 0. The van der Waals surface area contributed by atoms with E-state index in [2.05, 4.69) is 25.8 Å². The Morgan fingerprint density at radius 3 is 2.42 bits per heavy atom. The van der Waals surface area contributed by atoms with Crippen LogP contribution in [-0.2, 0) is 5.41 Å². The average molecular weight is 275 g/mol. The van der Waals surface area contributed by atoms with Gasteiger partial charge in [0.2, 0.25) is 0 Å². The highest BCUT2D eigenvalue weighted by Gasteiger charge is 2.18. The molecule has 0 bridgehead atoms. The Hall–Kier alpha value is -1.68. The summed E-state index contributed by atoms with van der Waals surface area (Å²) in [5, 5.41) is 12.2. The Morgan fingerprint density at radius 1 is 1.26 bits per heavy atom. The second-order valence-corrected chi connectivity index (χ2v) is 6.67. The molecule has 0 fully saturated rings. The van der Waals surface area contributed by atoms with E-state index < -0.39 is 5.97 Å². The fraction of sp³-hybridized carbons (Fsp3) is 0.333. The molecule has 1 aromatic heterocycles. The van der Waals surface area contributed by atoms with Gasteiger partial charge in [-0.1, -0.05) is 20.8 Å². The van der Waals surface area contributed by atoms with Crippen molar-refractivity contribution < 1.29 is 9.90 Å². The predicted octanol–water partition coefficient (Wildman–Crippen LogP) is 4.11. The van der Waals surface area contributed by atoms with Gasteiger partial charge in [-0.3, -0.25) is 0 Å². The third-order valence-corrected chi connectivity index (χ3v) is 3.73. The number of hydrogen-bond acceptors (Lipinski definition) is 3. The molecule has 0 saturated heterocycles. The van der Waals surface area contributed by atoms with E-state index in [0.717, 1.165) is 21.8 Å². The molecule has 0 aliphatic heterocycles. The Kier molecular flexibility index (Phi) is 3.45. The van der Waals surface area contributed by atoms with E-state index in [0.29, 0.717) is 5.56 Å². The van der Waals surface area contributed by atoms with Crippen LogP contribution in [0.25, 0.3) is 11.3 Å². The molecule has 0 spiro atoms. The number of rotatable bonds is 2. The first-order valence-corrected chi connectivity index (χ1v) is 6.97. The lowest BCUT2D eigenvalue weighted by molar-refractivity contribution is 0.0697. The zero-order chi connectivity index (χ0) is 14.2. The molecule has 0 amide bonds. The molecule has 0 radical (unpaired) electrons. The molecule has 1 aromatic carbocycles. The summed E-state index contributed by atoms with van der Waals surface area (Å²) >= 11 is 1.57. The molecular formula is C15H17NO2S. The molecule has 0 aliphatic carbocycles. The van der Waals surface area contributed by atoms with Crippen molar-refractivity contribution in [2.75, 3.05) is 0 Å². The highest BCUT2D eigenvalue weighted by atomic mass is 32.1. The van der Waals surface area contributed by atoms with Crippen LogP contribution in [0.4, 0.5) is 0 Å². The van der Waals surface area contributed by atoms with Crippen LogP contribution in [-0.4, -0.2) is 16.1 Å². The maximum absolute atomic E-state index is 11.3. The monoisotopic (exact) mass is 275 g/mol. The van der Waals surface area contributed by atoms with Crippen molar-refractivity contribution in [3.63, 3.8) is 0 Å². The lowest BCUT2D eigenvalue weighted by Crippen LogP contribution is -2.12. The SMILES string of the molecule is Cc1nc(-c2cc(C(=O)O)cc(C(C)(C)C)c2)cs1. The van der Waals surface area contributed by atoms with Gasteiger partial charge in [-0.15, -0.1) is 11.3 Å². The first-order chi connectivity index (χ1) is 8.77. The summed E-state index contributed by atoms with van der Waals surface area (Å²) in [5.41, 5.74) is 2.94. The van der Waals surface area contributed by atoms with Gasteiger partial charge in [0.1, 0.15) is 0 Å². The van der Waals surface area contributed by atoms with E-state index in [-0.39, 0.29) is 5.41 Å². The number of nitrogens with zero attached hydrogens (tertiary/aromatic N) is 1. The highest BCUT2D eigenvalue weighted by molar-refractivity contribution is 7.09. The summed E-state index contributed by atoms with van der Waals surface area (Å²) in [5.74, 6) is -0.903. The second kappa shape index (κ2) is 4.78. The molecule has 19 heavy (non-hydrogen) atoms. The number of aryl methyl sites for hydroxylation is 1. The van der Waals surface area contributed by atoms with Crippen LogP contribution in [0.3, 0.4) is 0 Å². The van der Waals surface area contributed by atoms with Crippen LogP contribution in [0.5, 0.6) is 0 Å². The Balaban J connectivity index is 2.61. The van der Waals surface area contributed by atoms with E-state index in [4.69, 9.17) is 0 Å². The van der Waals surface area contributed by atoms with Crippen molar-refractivity contribution in [2.24, 2.45) is 0 Å². The first kappa shape index (κ1) is 13.7. The number of carboxylic acids is 1. The van der Waals surface area contributed by atoms with Crippen molar-refractivity contribution in [2.45, 2.75) is 33.1 Å². The molecule has 0 aliphatic rings. The number of aromatic carboxylic acids is 1.